The maximum Gasteiger partial charge on any atom is 0.191 e. The SMILES string of the molecule is CCNC(=NCC1(CCO)CCOC1)NC(CC)CS(=O)(=O)c1ccccc1.I. The molecule has 1 aliphatic heterocycles. The Morgan fingerprint density at radius 1 is 1.31 bits per heavy atom. The van der Waals surface area contributed by atoms with Gasteiger partial charge in [-0.05, 0) is 38.3 Å². The van der Waals surface area contributed by atoms with Crippen LogP contribution in [-0.2, 0) is 14.6 Å². The van der Waals surface area contributed by atoms with Crippen molar-refractivity contribution < 1.29 is 18.3 Å². The zero-order chi connectivity index (χ0) is 20.5. The number of nitrogens with zero attached hydrogens (tertiary/aromatic N) is 1. The van der Waals surface area contributed by atoms with Crippen LogP contribution in [-0.4, -0.2) is 64.2 Å². The lowest BCUT2D eigenvalue weighted by Crippen LogP contribution is -2.46. The molecule has 1 heterocycles. The zero-order valence-corrected chi connectivity index (χ0v) is 20.4. The number of nitrogens with one attached hydrogen (secondary N) is 2. The molecule has 1 saturated heterocycles. The summed E-state index contributed by atoms with van der Waals surface area (Å²) in [6.07, 6.45) is 2.17. The fourth-order valence-electron chi connectivity index (χ4n) is 3.30. The number of aliphatic hydroxyl groups excluding tert-OH is 1. The first-order chi connectivity index (χ1) is 13.4. The van der Waals surface area contributed by atoms with E-state index in [2.05, 4.69) is 15.6 Å². The van der Waals surface area contributed by atoms with Gasteiger partial charge in [0.05, 0.1) is 23.8 Å². The molecule has 166 valence electrons. The molecule has 0 bridgehead atoms. The number of sulfone groups is 1. The molecule has 2 unspecified atom stereocenters. The maximum absolute atomic E-state index is 12.7. The van der Waals surface area contributed by atoms with Crippen molar-refractivity contribution in [3.8, 4) is 0 Å². The second-order valence-electron chi connectivity index (χ2n) is 7.32. The molecule has 7 nitrogen and oxygen atoms in total. The van der Waals surface area contributed by atoms with Crippen LogP contribution >= 0.6 is 24.0 Å². The van der Waals surface area contributed by atoms with Crippen LogP contribution in [0.15, 0.2) is 40.2 Å². The Morgan fingerprint density at radius 3 is 2.59 bits per heavy atom. The monoisotopic (exact) mass is 539 g/mol. The van der Waals surface area contributed by atoms with Gasteiger partial charge < -0.3 is 20.5 Å². The van der Waals surface area contributed by atoms with Crippen molar-refractivity contribution in [1.29, 1.82) is 0 Å². The first-order valence-corrected chi connectivity index (χ1v) is 11.6. The second-order valence-corrected chi connectivity index (χ2v) is 9.35. The van der Waals surface area contributed by atoms with Crippen molar-refractivity contribution in [1.82, 2.24) is 10.6 Å². The molecular weight excluding hydrogens is 505 g/mol. The first kappa shape index (κ1) is 26.1. The minimum atomic E-state index is -3.38. The standard InChI is InChI=1S/C20H33N3O4S.HI/c1-3-17(14-28(25,26)18-8-6-5-7-9-18)23-19(21-4-2)22-15-20(10-12-24)11-13-27-16-20;/h5-9,17,24H,3-4,10-16H2,1-2H3,(H2,21,22,23);1H. The lowest BCUT2D eigenvalue weighted by Gasteiger charge is -2.26. The average Bonchev–Trinajstić information content (AvgIpc) is 3.15. The Bertz CT molecular complexity index is 723. The summed E-state index contributed by atoms with van der Waals surface area (Å²) in [5, 5.41) is 15.8. The van der Waals surface area contributed by atoms with Gasteiger partial charge in [0, 0.05) is 31.2 Å². The van der Waals surface area contributed by atoms with Crippen molar-refractivity contribution in [3.63, 3.8) is 0 Å². The van der Waals surface area contributed by atoms with Crippen LogP contribution in [0.25, 0.3) is 0 Å². The third kappa shape index (κ3) is 8.03. The van der Waals surface area contributed by atoms with Gasteiger partial charge in [0.15, 0.2) is 15.8 Å². The molecule has 9 heteroatoms. The Hall–Kier alpha value is -0.910. The number of aliphatic hydroxyl groups is 1. The predicted molar refractivity (Wildman–Crippen MR) is 127 cm³/mol. The van der Waals surface area contributed by atoms with Crippen molar-refractivity contribution in [2.45, 2.75) is 44.0 Å². The summed E-state index contributed by atoms with van der Waals surface area (Å²) in [5.74, 6) is 0.602. The molecule has 1 aromatic rings. The minimum Gasteiger partial charge on any atom is -0.396 e. The summed E-state index contributed by atoms with van der Waals surface area (Å²) in [4.78, 5) is 5.02. The Balaban J connectivity index is 0.00000420. The van der Waals surface area contributed by atoms with Crippen LogP contribution in [0, 0.1) is 5.41 Å². The number of benzene rings is 1. The Morgan fingerprint density at radius 2 is 2.03 bits per heavy atom. The molecule has 0 spiro atoms. The summed E-state index contributed by atoms with van der Waals surface area (Å²) in [6, 6.07) is 8.27. The van der Waals surface area contributed by atoms with Gasteiger partial charge in [-0.3, -0.25) is 4.99 Å². The van der Waals surface area contributed by atoms with Gasteiger partial charge in [-0.15, -0.1) is 24.0 Å². The molecule has 0 amide bonds. The van der Waals surface area contributed by atoms with Crippen molar-refractivity contribution in [3.05, 3.63) is 30.3 Å². The highest BCUT2D eigenvalue weighted by Gasteiger charge is 2.34. The van der Waals surface area contributed by atoms with E-state index >= 15 is 0 Å². The van der Waals surface area contributed by atoms with E-state index in [-0.39, 0.29) is 47.8 Å². The van der Waals surface area contributed by atoms with E-state index in [4.69, 9.17) is 4.74 Å². The van der Waals surface area contributed by atoms with Gasteiger partial charge in [-0.25, -0.2) is 8.42 Å². The topological polar surface area (TPSA) is 100 Å². The van der Waals surface area contributed by atoms with E-state index in [1.54, 1.807) is 30.3 Å². The third-order valence-corrected chi connectivity index (χ3v) is 6.93. The van der Waals surface area contributed by atoms with Crippen molar-refractivity contribution in [2.24, 2.45) is 10.4 Å². The highest BCUT2D eigenvalue weighted by molar-refractivity contribution is 14.0. The van der Waals surface area contributed by atoms with E-state index in [9.17, 15) is 13.5 Å². The predicted octanol–water partition coefficient (Wildman–Crippen LogP) is 2.20. The number of hydrogen-bond acceptors (Lipinski definition) is 5. The normalized spacial score (nSPS) is 20.7. The Kier molecular flexibility index (Phi) is 11.4. The highest BCUT2D eigenvalue weighted by atomic mass is 127. The second kappa shape index (κ2) is 12.7. The fraction of sp³-hybridized carbons (Fsp3) is 0.650. The quantitative estimate of drug-likeness (QED) is 0.240. The lowest BCUT2D eigenvalue weighted by molar-refractivity contribution is 0.131. The summed E-state index contributed by atoms with van der Waals surface area (Å²) in [5.41, 5.74) is -0.144. The van der Waals surface area contributed by atoms with Crippen molar-refractivity contribution >= 4 is 39.8 Å². The smallest absolute Gasteiger partial charge is 0.191 e. The van der Waals surface area contributed by atoms with Crippen LogP contribution in [0.1, 0.15) is 33.1 Å². The zero-order valence-electron chi connectivity index (χ0n) is 17.3. The van der Waals surface area contributed by atoms with E-state index in [0.29, 0.717) is 50.0 Å². The molecule has 1 aliphatic rings. The fourth-order valence-corrected chi connectivity index (χ4v) is 4.91. The van der Waals surface area contributed by atoms with Gasteiger partial charge in [0.1, 0.15) is 0 Å². The molecule has 1 fully saturated rings. The summed E-state index contributed by atoms with van der Waals surface area (Å²) >= 11 is 0. The van der Waals surface area contributed by atoms with Crippen LogP contribution in [0.4, 0.5) is 0 Å². The largest absolute Gasteiger partial charge is 0.396 e. The van der Waals surface area contributed by atoms with Gasteiger partial charge in [-0.1, -0.05) is 25.1 Å². The van der Waals surface area contributed by atoms with Crippen LogP contribution in [0.3, 0.4) is 0 Å². The van der Waals surface area contributed by atoms with Gasteiger partial charge in [0.25, 0.3) is 0 Å². The first-order valence-electron chi connectivity index (χ1n) is 9.96. The lowest BCUT2D eigenvalue weighted by atomic mass is 9.84. The number of hydrogen-bond donors (Lipinski definition) is 3. The van der Waals surface area contributed by atoms with E-state index in [1.165, 1.54) is 0 Å². The van der Waals surface area contributed by atoms with Crippen LogP contribution in [0.5, 0.6) is 0 Å². The van der Waals surface area contributed by atoms with Gasteiger partial charge >= 0.3 is 0 Å². The molecule has 2 rings (SSSR count). The maximum atomic E-state index is 12.7. The molecule has 1 aromatic carbocycles. The average molecular weight is 539 g/mol. The molecule has 29 heavy (non-hydrogen) atoms. The summed E-state index contributed by atoms with van der Waals surface area (Å²) < 4.78 is 30.9. The molecule has 0 aliphatic carbocycles. The van der Waals surface area contributed by atoms with Gasteiger partial charge in [-0.2, -0.15) is 0 Å². The summed E-state index contributed by atoms with van der Waals surface area (Å²) in [7, 11) is -3.38. The highest BCUT2D eigenvalue weighted by Crippen LogP contribution is 2.32. The van der Waals surface area contributed by atoms with E-state index in [1.807, 2.05) is 13.8 Å². The molecule has 0 radical (unpaired) electrons. The number of halogens is 1. The number of guanidine groups is 1. The van der Waals surface area contributed by atoms with Crippen molar-refractivity contribution in [2.75, 3.05) is 38.7 Å². The van der Waals surface area contributed by atoms with E-state index in [0.717, 1.165) is 6.42 Å². The molecule has 2 atom stereocenters. The molecule has 3 N–H and O–H groups in total. The molecular formula is C20H34IN3O4S. The number of rotatable bonds is 10. The van der Waals surface area contributed by atoms with E-state index < -0.39 is 9.84 Å². The molecule has 0 aromatic heterocycles. The van der Waals surface area contributed by atoms with Gasteiger partial charge in [0.2, 0.25) is 0 Å². The minimum absolute atomic E-state index is 0. The number of ether oxygens (including phenoxy) is 1. The summed E-state index contributed by atoms with van der Waals surface area (Å²) in [6.45, 7) is 6.53. The third-order valence-electron chi connectivity index (χ3n) is 5.10. The number of aliphatic imine (C=N–C) groups is 1. The van der Waals surface area contributed by atoms with Crippen LogP contribution in [0.2, 0.25) is 0 Å². The van der Waals surface area contributed by atoms with Crippen LogP contribution < -0.4 is 10.6 Å². The molecule has 0 saturated carbocycles. The Labute approximate surface area is 191 Å².